The van der Waals surface area contributed by atoms with Crippen molar-refractivity contribution in [2.45, 2.75) is 0 Å². The Hall–Kier alpha value is -2.26. The van der Waals surface area contributed by atoms with Gasteiger partial charge in [0.25, 0.3) is 0 Å². The van der Waals surface area contributed by atoms with E-state index >= 15 is 0 Å². The minimum absolute atomic E-state index is 0.431. The van der Waals surface area contributed by atoms with E-state index in [0.29, 0.717) is 22.9 Å². The molecule has 18 heavy (non-hydrogen) atoms. The Morgan fingerprint density at radius 1 is 0.722 bits per heavy atom. The van der Waals surface area contributed by atoms with Crippen LogP contribution in [-0.2, 0) is 4.57 Å². The molecule has 0 aliphatic rings. The Bertz CT molecular complexity index is 491. The molecule has 0 radical (unpaired) electrons. The molecule has 2 aromatic rings. The van der Waals surface area contributed by atoms with Gasteiger partial charge < -0.3 is 11.5 Å². The average Bonchev–Trinajstić information content (AvgIpc) is 2.35. The number of nitrogens with two attached hydrogens (primary N) is 2. The molecule has 0 atom stereocenters. The zero-order chi connectivity index (χ0) is 13.0. The first-order valence-corrected chi connectivity index (χ1v) is 6.27. The molecule has 0 amide bonds. The lowest BCUT2D eigenvalue weighted by Crippen LogP contribution is -1.90. The van der Waals surface area contributed by atoms with E-state index in [9.17, 15) is 4.57 Å². The maximum atomic E-state index is 11.6. The number of benzene rings is 2. The molecule has 0 heterocycles. The van der Waals surface area contributed by atoms with Crippen LogP contribution in [0.5, 0.6) is 11.5 Å². The summed E-state index contributed by atoms with van der Waals surface area (Å²) in [4.78, 5) is 0. The lowest BCUT2D eigenvalue weighted by molar-refractivity contribution is 0.415. The van der Waals surface area contributed by atoms with Gasteiger partial charge in [0.05, 0.1) is 0 Å². The molecule has 2 aromatic carbocycles. The predicted molar refractivity (Wildman–Crippen MR) is 70.6 cm³/mol. The predicted octanol–water partition coefficient (Wildman–Crippen LogP) is 2.97. The maximum absolute atomic E-state index is 11.6. The van der Waals surface area contributed by atoms with Crippen LogP contribution in [0.3, 0.4) is 0 Å². The second kappa shape index (κ2) is 5.38. The first kappa shape index (κ1) is 12.2. The van der Waals surface area contributed by atoms with Crippen LogP contribution in [-0.4, -0.2) is 0 Å². The normalized spacial score (nSPS) is 9.78. The molecule has 0 saturated heterocycles. The first-order chi connectivity index (χ1) is 8.63. The number of hydrogen-bond donors (Lipinski definition) is 2. The van der Waals surface area contributed by atoms with Crippen molar-refractivity contribution in [2.24, 2.45) is 0 Å². The van der Waals surface area contributed by atoms with Crippen LogP contribution in [0.1, 0.15) is 0 Å². The summed E-state index contributed by atoms with van der Waals surface area (Å²) in [7, 11) is -2.28. The summed E-state index contributed by atoms with van der Waals surface area (Å²) in [6.45, 7) is 0. The Kier molecular flexibility index (Phi) is 3.65. The van der Waals surface area contributed by atoms with E-state index in [1.54, 1.807) is 48.5 Å². The largest absolute Gasteiger partial charge is 0.805 e. The van der Waals surface area contributed by atoms with Crippen LogP contribution >= 0.6 is 8.25 Å². The molecule has 6 heteroatoms. The minimum atomic E-state index is -2.28. The second-order valence-corrected chi connectivity index (χ2v) is 4.36. The fourth-order valence-corrected chi connectivity index (χ4v) is 1.87. The van der Waals surface area contributed by atoms with Crippen LogP contribution in [0.15, 0.2) is 48.5 Å². The van der Waals surface area contributed by atoms with E-state index in [-0.39, 0.29) is 0 Å². The van der Waals surface area contributed by atoms with Crippen molar-refractivity contribution in [3.05, 3.63) is 48.5 Å². The molecule has 2 rings (SSSR count). The highest BCUT2D eigenvalue weighted by Gasteiger charge is 2.23. The lowest BCUT2D eigenvalue weighted by Gasteiger charge is -1.96. The molecule has 0 saturated carbocycles. The van der Waals surface area contributed by atoms with Gasteiger partial charge in [-0.3, -0.25) is 0 Å². The van der Waals surface area contributed by atoms with Crippen molar-refractivity contribution in [3.8, 4) is 11.5 Å². The van der Waals surface area contributed by atoms with Crippen LogP contribution in [0.4, 0.5) is 11.4 Å². The summed E-state index contributed by atoms with van der Waals surface area (Å²) in [5, 5.41) is 0. The van der Waals surface area contributed by atoms with E-state index in [2.05, 4.69) is 0 Å². The minimum Gasteiger partial charge on any atom is -0.399 e. The molecular formula is C12H12N2O3P+. The molecule has 0 aliphatic heterocycles. The van der Waals surface area contributed by atoms with Crippen molar-refractivity contribution in [1.29, 1.82) is 0 Å². The van der Waals surface area contributed by atoms with Gasteiger partial charge in [-0.2, -0.15) is 0 Å². The Morgan fingerprint density at radius 3 is 1.39 bits per heavy atom. The Labute approximate surface area is 105 Å². The van der Waals surface area contributed by atoms with Gasteiger partial charge in [0.15, 0.2) is 11.5 Å². The van der Waals surface area contributed by atoms with Crippen LogP contribution in [0.2, 0.25) is 0 Å². The molecule has 0 bridgehead atoms. The molecule has 0 aromatic heterocycles. The van der Waals surface area contributed by atoms with Gasteiger partial charge in [0.2, 0.25) is 0 Å². The Balaban J connectivity index is 1.96. The van der Waals surface area contributed by atoms with Crippen LogP contribution in [0, 0.1) is 0 Å². The molecule has 0 fully saturated rings. The molecule has 0 spiro atoms. The fraction of sp³-hybridized carbons (Fsp3) is 0. The molecule has 5 nitrogen and oxygen atoms in total. The fourth-order valence-electron chi connectivity index (χ4n) is 1.25. The number of nitrogen functional groups attached to an aromatic ring is 2. The number of hydrogen-bond acceptors (Lipinski definition) is 5. The van der Waals surface area contributed by atoms with Crippen molar-refractivity contribution >= 4 is 19.6 Å². The third-order valence-electron chi connectivity index (χ3n) is 2.12. The van der Waals surface area contributed by atoms with E-state index in [4.69, 9.17) is 20.5 Å². The molecule has 0 aliphatic carbocycles. The van der Waals surface area contributed by atoms with Gasteiger partial charge in [-0.1, -0.05) is 0 Å². The quantitative estimate of drug-likeness (QED) is 0.654. The van der Waals surface area contributed by atoms with Gasteiger partial charge in [-0.15, -0.1) is 0 Å². The van der Waals surface area contributed by atoms with Crippen LogP contribution in [0.25, 0.3) is 0 Å². The smallest absolute Gasteiger partial charge is 0.399 e. The van der Waals surface area contributed by atoms with Gasteiger partial charge in [-0.05, 0) is 48.5 Å². The lowest BCUT2D eigenvalue weighted by atomic mass is 10.3. The van der Waals surface area contributed by atoms with Gasteiger partial charge >= 0.3 is 8.25 Å². The zero-order valence-electron chi connectivity index (χ0n) is 9.45. The number of anilines is 2. The second-order valence-electron chi connectivity index (χ2n) is 3.54. The average molecular weight is 263 g/mol. The molecular weight excluding hydrogens is 251 g/mol. The standard InChI is InChI=1S/C12H12N2O3P/c13-9-1-5-11(6-2-9)16-18(15)17-12-7-3-10(14)4-8-12/h1-8H,13-14H2/q+1. The molecule has 92 valence electrons. The highest BCUT2D eigenvalue weighted by molar-refractivity contribution is 7.34. The van der Waals surface area contributed by atoms with E-state index in [1.165, 1.54) is 0 Å². The first-order valence-electron chi connectivity index (χ1n) is 5.18. The Morgan fingerprint density at radius 2 is 1.06 bits per heavy atom. The van der Waals surface area contributed by atoms with E-state index < -0.39 is 8.25 Å². The molecule has 4 N–H and O–H groups in total. The van der Waals surface area contributed by atoms with Crippen molar-refractivity contribution in [1.82, 2.24) is 0 Å². The topological polar surface area (TPSA) is 87.6 Å². The van der Waals surface area contributed by atoms with Crippen molar-refractivity contribution in [3.63, 3.8) is 0 Å². The molecule has 0 unspecified atom stereocenters. The maximum Gasteiger partial charge on any atom is 0.805 e. The van der Waals surface area contributed by atoms with Gasteiger partial charge in [-0.25, -0.2) is 9.05 Å². The summed E-state index contributed by atoms with van der Waals surface area (Å²) in [6.07, 6.45) is 0. The number of rotatable bonds is 4. The van der Waals surface area contributed by atoms with E-state index in [0.717, 1.165) is 0 Å². The highest BCUT2D eigenvalue weighted by atomic mass is 31.1. The summed E-state index contributed by atoms with van der Waals surface area (Å²) >= 11 is 0. The third kappa shape index (κ3) is 3.37. The summed E-state index contributed by atoms with van der Waals surface area (Å²) in [6, 6.07) is 13.1. The summed E-state index contributed by atoms with van der Waals surface area (Å²) in [5.41, 5.74) is 12.3. The van der Waals surface area contributed by atoms with Crippen molar-refractivity contribution in [2.75, 3.05) is 11.5 Å². The zero-order valence-corrected chi connectivity index (χ0v) is 10.3. The van der Waals surface area contributed by atoms with Gasteiger partial charge in [0.1, 0.15) is 0 Å². The summed E-state index contributed by atoms with van der Waals surface area (Å²) in [5.74, 6) is 0.863. The van der Waals surface area contributed by atoms with Gasteiger partial charge in [0, 0.05) is 15.9 Å². The monoisotopic (exact) mass is 263 g/mol. The SMILES string of the molecule is Nc1ccc(O[P+](=O)Oc2ccc(N)cc2)cc1. The van der Waals surface area contributed by atoms with E-state index in [1.807, 2.05) is 0 Å². The summed E-state index contributed by atoms with van der Waals surface area (Å²) < 4.78 is 21.8. The highest BCUT2D eigenvalue weighted by Crippen LogP contribution is 2.30. The van der Waals surface area contributed by atoms with Crippen molar-refractivity contribution < 1.29 is 13.6 Å². The van der Waals surface area contributed by atoms with Crippen LogP contribution < -0.4 is 20.5 Å². The third-order valence-corrected chi connectivity index (χ3v) is 2.84.